The molecule has 0 radical (unpaired) electrons. The molecule has 2 unspecified atom stereocenters. The molecule has 2 atom stereocenters. The molecule has 0 aliphatic rings. The van der Waals surface area contributed by atoms with Crippen LogP contribution in [0.4, 0.5) is 0 Å². The van der Waals surface area contributed by atoms with Gasteiger partial charge >= 0.3 is 0 Å². The van der Waals surface area contributed by atoms with E-state index in [0.717, 1.165) is 24.5 Å². The Balaban J connectivity index is 2.82. The number of ether oxygens (including phenoxy) is 2. The normalized spacial score (nSPS) is 13.9. The molecular weight excluding hydrogens is 274 g/mol. The fourth-order valence-electron chi connectivity index (χ4n) is 2.11. The van der Waals surface area contributed by atoms with E-state index >= 15 is 0 Å². The lowest BCUT2D eigenvalue weighted by Gasteiger charge is -2.18. The molecule has 0 amide bonds. The van der Waals surface area contributed by atoms with Gasteiger partial charge in [0.1, 0.15) is 0 Å². The van der Waals surface area contributed by atoms with E-state index in [0.29, 0.717) is 0 Å². The molecule has 114 valence electrons. The van der Waals surface area contributed by atoms with Gasteiger partial charge in [-0.3, -0.25) is 0 Å². The van der Waals surface area contributed by atoms with E-state index in [1.807, 2.05) is 25.3 Å². The molecule has 20 heavy (non-hydrogen) atoms. The van der Waals surface area contributed by atoms with E-state index in [-0.39, 0.29) is 12.1 Å². The number of nitrogens with one attached hydrogen (secondary N) is 1. The second-order valence-electron chi connectivity index (χ2n) is 4.89. The number of methoxy groups -OCH3 is 2. The zero-order chi connectivity index (χ0) is 15.1. The molecule has 0 aliphatic heterocycles. The Morgan fingerprint density at radius 2 is 1.80 bits per heavy atom. The quantitative estimate of drug-likeness (QED) is 0.723. The molecule has 0 saturated carbocycles. The van der Waals surface area contributed by atoms with Crippen LogP contribution in [-0.2, 0) is 6.54 Å². The van der Waals surface area contributed by atoms with Crippen molar-refractivity contribution in [1.82, 2.24) is 5.32 Å². The highest BCUT2D eigenvalue weighted by atomic mass is 32.2. The molecule has 0 aromatic heterocycles. The number of thioether (sulfide) groups is 1. The highest BCUT2D eigenvalue weighted by Crippen LogP contribution is 2.34. The summed E-state index contributed by atoms with van der Waals surface area (Å²) in [5, 5.41) is 12.8. The van der Waals surface area contributed by atoms with Crippen LogP contribution in [-0.4, -0.2) is 37.7 Å². The van der Waals surface area contributed by atoms with Crippen molar-refractivity contribution in [2.45, 2.75) is 43.9 Å². The maximum atomic E-state index is 9.39. The third-order valence-corrected chi connectivity index (χ3v) is 3.94. The van der Waals surface area contributed by atoms with Gasteiger partial charge in [-0.15, -0.1) is 11.8 Å². The first-order valence-electron chi connectivity index (χ1n) is 6.72. The van der Waals surface area contributed by atoms with Crippen LogP contribution in [0.2, 0.25) is 0 Å². The monoisotopic (exact) mass is 299 g/mol. The number of aliphatic hydroxyl groups is 1. The lowest BCUT2D eigenvalue weighted by atomic mass is 10.1. The summed E-state index contributed by atoms with van der Waals surface area (Å²) < 4.78 is 10.7. The van der Waals surface area contributed by atoms with Crippen LogP contribution in [0.3, 0.4) is 0 Å². The predicted octanol–water partition coefficient (Wildman–Crippen LogP) is 2.67. The summed E-state index contributed by atoms with van der Waals surface area (Å²) in [5.74, 6) is 1.49. The summed E-state index contributed by atoms with van der Waals surface area (Å²) >= 11 is 1.68. The van der Waals surface area contributed by atoms with Gasteiger partial charge in [0.15, 0.2) is 11.5 Å². The van der Waals surface area contributed by atoms with Crippen molar-refractivity contribution in [3.8, 4) is 11.5 Å². The van der Waals surface area contributed by atoms with Gasteiger partial charge in [-0.05, 0) is 44.2 Å². The summed E-state index contributed by atoms with van der Waals surface area (Å²) in [5.41, 5.74) is 1.17. The van der Waals surface area contributed by atoms with Crippen LogP contribution < -0.4 is 14.8 Å². The summed E-state index contributed by atoms with van der Waals surface area (Å²) in [6.07, 6.45) is 2.49. The van der Waals surface area contributed by atoms with Gasteiger partial charge in [0.05, 0.1) is 20.3 Å². The molecule has 1 aromatic rings. The molecule has 0 spiro atoms. The summed E-state index contributed by atoms with van der Waals surface area (Å²) in [6, 6.07) is 4.27. The fourth-order valence-corrected chi connectivity index (χ4v) is 2.73. The smallest absolute Gasteiger partial charge is 0.161 e. The molecule has 1 rings (SSSR count). The maximum absolute atomic E-state index is 9.39. The largest absolute Gasteiger partial charge is 0.493 e. The molecule has 1 aromatic carbocycles. The topological polar surface area (TPSA) is 50.7 Å². The maximum Gasteiger partial charge on any atom is 0.161 e. The Morgan fingerprint density at radius 3 is 2.30 bits per heavy atom. The van der Waals surface area contributed by atoms with Gasteiger partial charge in [-0.25, -0.2) is 0 Å². The van der Waals surface area contributed by atoms with Crippen LogP contribution in [0, 0.1) is 0 Å². The van der Waals surface area contributed by atoms with E-state index in [4.69, 9.17) is 9.47 Å². The van der Waals surface area contributed by atoms with Crippen LogP contribution in [0.15, 0.2) is 17.0 Å². The Labute approximate surface area is 125 Å². The molecule has 4 nitrogen and oxygen atoms in total. The number of hydrogen-bond acceptors (Lipinski definition) is 5. The minimum atomic E-state index is -0.289. The molecule has 0 saturated heterocycles. The summed E-state index contributed by atoms with van der Waals surface area (Å²) in [7, 11) is 3.29. The lowest BCUT2D eigenvalue weighted by Crippen LogP contribution is -2.28. The highest BCUT2D eigenvalue weighted by molar-refractivity contribution is 7.98. The lowest BCUT2D eigenvalue weighted by molar-refractivity contribution is 0.170. The van der Waals surface area contributed by atoms with E-state index in [1.54, 1.807) is 26.0 Å². The summed E-state index contributed by atoms with van der Waals surface area (Å²) in [6.45, 7) is 4.62. The van der Waals surface area contributed by atoms with E-state index in [1.165, 1.54) is 10.5 Å². The highest BCUT2D eigenvalue weighted by Gasteiger charge is 2.12. The van der Waals surface area contributed by atoms with E-state index in [9.17, 15) is 5.11 Å². The van der Waals surface area contributed by atoms with Gasteiger partial charge in [0, 0.05) is 17.5 Å². The molecule has 5 heteroatoms. The average Bonchev–Trinajstić information content (AvgIpc) is 2.43. The van der Waals surface area contributed by atoms with Crippen LogP contribution in [0.1, 0.15) is 25.8 Å². The van der Waals surface area contributed by atoms with Crippen molar-refractivity contribution in [2.75, 3.05) is 20.5 Å². The molecule has 0 heterocycles. The summed E-state index contributed by atoms with van der Waals surface area (Å²) in [4.78, 5) is 1.17. The second-order valence-corrected chi connectivity index (χ2v) is 5.73. The third-order valence-electron chi connectivity index (χ3n) is 3.12. The number of rotatable bonds is 8. The first kappa shape index (κ1) is 17.1. The van der Waals surface area contributed by atoms with Crippen LogP contribution >= 0.6 is 11.8 Å². The first-order chi connectivity index (χ1) is 9.51. The van der Waals surface area contributed by atoms with Crippen LogP contribution in [0.5, 0.6) is 11.5 Å². The Morgan fingerprint density at radius 1 is 1.20 bits per heavy atom. The minimum absolute atomic E-state index is 0.262. The van der Waals surface area contributed by atoms with Gasteiger partial charge in [0.2, 0.25) is 0 Å². The predicted molar refractivity (Wildman–Crippen MR) is 83.9 cm³/mol. The minimum Gasteiger partial charge on any atom is -0.493 e. The third kappa shape index (κ3) is 4.89. The van der Waals surface area contributed by atoms with Gasteiger partial charge in [-0.1, -0.05) is 0 Å². The number of hydrogen-bond donors (Lipinski definition) is 2. The molecule has 0 fully saturated rings. The van der Waals surface area contributed by atoms with Gasteiger partial charge in [0.25, 0.3) is 0 Å². The van der Waals surface area contributed by atoms with Crippen LogP contribution in [0.25, 0.3) is 0 Å². The Kier molecular flexibility index (Phi) is 7.19. The Bertz CT molecular complexity index is 424. The zero-order valence-corrected chi connectivity index (χ0v) is 13.7. The average molecular weight is 299 g/mol. The molecule has 2 N–H and O–H groups in total. The van der Waals surface area contributed by atoms with Gasteiger partial charge < -0.3 is 19.9 Å². The second kappa shape index (κ2) is 8.39. The van der Waals surface area contributed by atoms with Crippen molar-refractivity contribution >= 4 is 11.8 Å². The first-order valence-corrected chi connectivity index (χ1v) is 7.94. The fraction of sp³-hybridized carbons (Fsp3) is 0.600. The van der Waals surface area contributed by atoms with Crippen molar-refractivity contribution in [3.05, 3.63) is 17.7 Å². The number of aliphatic hydroxyl groups excluding tert-OH is 1. The molecule has 0 aliphatic carbocycles. The molecule has 0 bridgehead atoms. The molecular formula is C15H25NO3S. The van der Waals surface area contributed by atoms with Crippen molar-refractivity contribution in [2.24, 2.45) is 0 Å². The van der Waals surface area contributed by atoms with Crippen molar-refractivity contribution in [3.63, 3.8) is 0 Å². The number of benzene rings is 1. The van der Waals surface area contributed by atoms with E-state index < -0.39 is 0 Å². The zero-order valence-electron chi connectivity index (χ0n) is 12.9. The van der Waals surface area contributed by atoms with Crippen molar-refractivity contribution < 1.29 is 14.6 Å². The Hall–Kier alpha value is -0.910. The SMILES string of the molecule is COc1cc(CNC(C)CC(C)O)c(SC)cc1OC. The van der Waals surface area contributed by atoms with Gasteiger partial charge in [-0.2, -0.15) is 0 Å². The van der Waals surface area contributed by atoms with E-state index in [2.05, 4.69) is 12.2 Å². The standard InChI is InChI=1S/C15H25NO3S/c1-10(6-11(2)17)16-9-12-7-13(18-3)14(19-4)8-15(12)20-5/h7-8,10-11,16-17H,6,9H2,1-5H3. The van der Waals surface area contributed by atoms with Crippen molar-refractivity contribution in [1.29, 1.82) is 0 Å².